The second kappa shape index (κ2) is 8.61. The molecule has 0 unspecified atom stereocenters. The molecule has 3 rings (SSSR count). The largest absolute Gasteiger partial charge is 0.464 e. The van der Waals surface area contributed by atoms with Gasteiger partial charge in [-0.05, 0) is 71.2 Å². The minimum absolute atomic E-state index is 0.0524. The average molecular weight is 493 g/mol. The maximum absolute atomic E-state index is 12.8. The molecule has 0 aromatic heterocycles. The van der Waals surface area contributed by atoms with E-state index in [2.05, 4.69) is 22.6 Å². The van der Waals surface area contributed by atoms with Crippen LogP contribution in [0.5, 0.6) is 0 Å². The van der Waals surface area contributed by atoms with Crippen LogP contribution in [0.4, 0.5) is 0 Å². The van der Waals surface area contributed by atoms with Gasteiger partial charge in [0.25, 0.3) is 0 Å². The predicted molar refractivity (Wildman–Crippen MR) is 115 cm³/mol. The van der Waals surface area contributed by atoms with Gasteiger partial charge in [0.15, 0.2) is 6.10 Å². The number of hydrogen-bond donors (Lipinski definition) is 1. The summed E-state index contributed by atoms with van der Waals surface area (Å²) in [5.41, 5.74) is 5.49. The first kappa shape index (κ1) is 20.8. The summed E-state index contributed by atoms with van der Waals surface area (Å²) in [5, 5.41) is 10.5. The summed E-state index contributed by atoms with van der Waals surface area (Å²) in [6.45, 7) is 6.88. The number of carbonyl (C=O) groups is 2. The van der Waals surface area contributed by atoms with Crippen molar-refractivity contribution in [2.75, 3.05) is 6.61 Å². The van der Waals surface area contributed by atoms with Crippen molar-refractivity contribution < 1.29 is 19.4 Å². The molecule has 1 N–H and O–H groups in total. The highest BCUT2D eigenvalue weighted by Crippen LogP contribution is 2.36. The number of aliphatic hydroxyl groups is 1. The number of esters is 1. The molecule has 0 bridgehead atoms. The molecular formula is C22H24INO4. The summed E-state index contributed by atoms with van der Waals surface area (Å²) < 4.78 is 5.84. The number of aliphatic hydroxyl groups excluding tert-OH is 1. The summed E-state index contributed by atoms with van der Waals surface area (Å²) >= 11 is 2.18. The fourth-order valence-electron chi connectivity index (χ4n) is 3.72. The summed E-state index contributed by atoms with van der Waals surface area (Å²) in [6, 6.07) is 9.94. The molecule has 0 saturated heterocycles. The van der Waals surface area contributed by atoms with E-state index >= 15 is 0 Å². The maximum atomic E-state index is 12.8. The van der Waals surface area contributed by atoms with Crippen LogP contribution >= 0.6 is 22.6 Å². The molecule has 2 aromatic carbocycles. The van der Waals surface area contributed by atoms with Gasteiger partial charge in [0.05, 0.1) is 13.0 Å². The Morgan fingerprint density at radius 2 is 1.89 bits per heavy atom. The lowest BCUT2D eigenvalue weighted by Crippen LogP contribution is -2.37. The van der Waals surface area contributed by atoms with Crippen LogP contribution in [0.1, 0.15) is 46.4 Å². The van der Waals surface area contributed by atoms with E-state index in [1.807, 2.05) is 49.1 Å². The van der Waals surface area contributed by atoms with Crippen molar-refractivity contribution in [3.63, 3.8) is 0 Å². The number of nitrogens with zero attached hydrogens (tertiary/aromatic N) is 1. The van der Waals surface area contributed by atoms with Gasteiger partial charge in [-0.15, -0.1) is 0 Å². The van der Waals surface area contributed by atoms with Gasteiger partial charge in [0.1, 0.15) is 0 Å². The van der Waals surface area contributed by atoms with Crippen LogP contribution in [0.2, 0.25) is 0 Å². The number of benzene rings is 2. The van der Waals surface area contributed by atoms with Gasteiger partial charge in [-0.3, -0.25) is 4.79 Å². The van der Waals surface area contributed by atoms with Gasteiger partial charge in [-0.25, -0.2) is 4.79 Å². The zero-order valence-electron chi connectivity index (χ0n) is 16.3. The summed E-state index contributed by atoms with van der Waals surface area (Å²) in [5.74, 6) is -0.604. The number of ether oxygens (including phenoxy) is 1. The molecule has 0 radical (unpaired) electrons. The Labute approximate surface area is 178 Å². The summed E-state index contributed by atoms with van der Waals surface area (Å²) in [4.78, 5) is 26.8. The van der Waals surface area contributed by atoms with Crippen molar-refractivity contribution in [1.82, 2.24) is 4.90 Å². The Hall–Kier alpha value is -1.93. The third kappa shape index (κ3) is 3.93. The third-order valence-corrected chi connectivity index (χ3v) is 6.66. The van der Waals surface area contributed by atoms with Crippen molar-refractivity contribution in [3.05, 3.63) is 67.3 Å². The number of carbonyl (C=O) groups excluding carboxylic acids is 2. The topological polar surface area (TPSA) is 66.8 Å². The second-order valence-corrected chi connectivity index (χ2v) is 8.08. The summed E-state index contributed by atoms with van der Waals surface area (Å²) in [6.07, 6.45) is -1.07. The van der Waals surface area contributed by atoms with Crippen LogP contribution in [0.3, 0.4) is 0 Å². The standard InChI is InChI=1S/C22H24INO4/c1-4-28-22(27)21(26)19-13(2)16-10-18(25)24(11-15-8-6-5-7-9-15)12-17(16)14(3)20(19)23/h5-9,21,26H,4,10-12H2,1-3H3/t21-/m0/s1. The smallest absolute Gasteiger partial charge is 0.339 e. The average Bonchev–Trinajstić information content (AvgIpc) is 2.68. The highest BCUT2D eigenvalue weighted by Gasteiger charge is 2.32. The second-order valence-electron chi connectivity index (χ2n) is 7.00. The number of hydrogen-bond acceptors (Lipinski definition) is 4. The lowest BCUT2D eigenvalue weighted by Gasteiger charge is -2.33. The molecule has 1 heterocycles. The first-order valence-corrected chi connectivity index (χ1v) is 10.4. The predicted octanol–water partition coefficient (Wildman–Crippen LogP) is 3.59. The van der Waals surface area contributed by atoms with E-state index in [0.717, 1.165) is 31.4 Å². The minimum Gasteiger partial charge on any atom is -0.464 e. The van der Waals surface area contributed by atoms with Gasteiger partial charge < -0.3 is 14.7 Å². The lowest BCUT2D eigenvalue weighted by atomic mass is 9.86. The van der Waals surface area contributed by atoms with E-state index in [-0.39, 0.29) is 18.9 Å². The lowest BCUT2D eigenvalue weighted by molar-refractivity contribution is -0.153. The van der Waals surface area contributed by atoms with Gasteiger partial charge in [0.2, 0.25) is 5.91 Å². The van der Waals surface area contributed by atoms with Crippen LogP contribution in [-0.4, -0.2) is 28.5 Å². The zero-order chi connectivity index (χ0) is 20.4. The molecule has 28 heavy (non-hydrogen) atoms. The molecule has 148 valence electrons. The van der Waals surface area contributed by atoms with Crippen molar-refractivity contribution in [3.8, 4) is 0 Å². The molecule has 2 aromatic rings. The Morgan fingerprint density at radius 3 is 2.54 bits per heavy atom. The van der Waals surface area contributed by atoms with Crippen molar-refractivity contribution in [2.24, 2.45) is 0 Å². The Balaban J connectivity index is 1.98. The SMILES string of the molecule is CCOC(=O)[C@@H](O)c1c(C)c2c(c(C)c1I)CN(Cc1ccccc1)C(=O)C2. The monoisotopic (exact) mass is 493 g/mol. The van der Waals surface area contributed by atoms with E-state index in [4.69, 9.17) is 4.74 Å². The first-order valence-electron chi connectivity index (χ1n) is 9.31. The Bertz CT molecular complexity index is 911. The van der Waals surface area contributed by atoms with Gasteiger partial charge in [-0.2, -0.15) is 0 Å². The number of halogens is 1. The molecule has 0 aliphatic carbocycles. The Kier molecular flexibility index (Phi) is 6.40. The highest BCUT2D eigenvalue weighted by molar-refractivity contribution is 14.1. The van der Waals surface area contributed by atoms with E-state index in [9.17, 15) is 14.7 Å². The molecule has 1 aliphatic heterocycles. The molecule has 0 spiro atoms. The molecule has 5 nitrogen and oxygen atoms in total. The van der Waals surface area contributed by atoms with Crippen LogP contribution in [0.15, 0.2) is 30.3 Å². The van der Waals surface area contributed by atoms with Crippen molar-refractivity contribution in [2.45, 2.75) is 46.4 Å². The van der Waals surface area contributed by atoms with Crippen molar-refractivity contribution >= 4 is 34.5 Å². The van der Waals surface area contributed by atoms with Crippen LogP contribution < -0.4 is 0 Å². The quantitative estimate of drug-likeness (QED) is 0.511. The van der Waals surface area contributed by atoms with Gasteiger partial charge in [0, 0.05) is 22.2 Å². The molecule has 1 atom stereocenters. The van der Waals surface area contributed by atoms with E-state index in [0.29, 0.717) is 18.7 Å². The Morgan fingerprint density at radius 1 is 1.21 bits per heavy atom. The molecule has 1 amide bonds. The molecular weight excluding hydrogens is 469 g/mol. The van der Waals surface area contributed by atoms with E-state index in [1.165, 1.54) is 0 Å². The fourth-order valence-corrected chi connectivity index (χ4v) is 4.75. The van der Waals surface area contributed by atoms with Crippen LogP contribution in [0, 0.1) is 17.4 Å². The first-order chi connectivity index (χ1) is 13.3. The molecule has 0 saturated carbocycles. The zero-order valence-corrected chi connectivity index (χ0v) is 18.4. The maximum Gasteiger partial charge on any atom is 0.339 e. The van der Waals surface area contributed by atoms with E-state index in [1.54, 1.807) is 6.92 Å². The summed E-state index contributed by atoms with van der Waals surface area (Å²) in [7, 11) is 0. The molecule has 1 aliphatic rings. The minimum atomic E-state index is -1.34. The molecule has 6 heteroatoms. The highest BCUT2D eigenvalue weighted by atomic mass is 127. The number of rotatable bonds is 5. The van der Waals surface area contributed by atoms with Gasteiger partial charge >= 0.3 is 5.97 Å². The number of fused-ring (bicyclic) bond motifs is 1. The van der Waals surface area contributed by atoms with E-state index < -0.39 is 12.1 Å². The van der Waals surface area contributed by atoms with Crippen molar-refractivity contribution in [1.29, 1.82) is 0 Å². The van der Waals surface area contributed by atoms with Gasteiger partial charge in [-0.1, -0.05) is 30.3 Å². The fraction of sp³-hybridized carbons (Fsp3) is 0.364. The van der Waals surface area contributed by atoms with Crippen LogP contribution in [-0.2, 0) is 33.8 Å². The number of amides is 1. The van der Waals surface area contributed by atoms with Crippen LogP contribution in [0.25, 0.3) is 0 Å². The normalized spacial score (nSPS) is 14.6. The third-order valence-electron chi connectivity index (χ3n) is 5.27. The molecule has 0 fully saturated rings.